The molecule has 0 amide bonds. The first-order valence-corrected chi connectivity index (χ1v) is 8.69. The van der Waals surface area contributed by atoms with Gasteiger partial charge in [0.1, 0.15) is 11.6 Å². The maximum absolute atomic E-state index is 13.9. The molecule has 5 heteroatoms. The second-order valence-electron chi connectivity index (χ2n) is 5.16. The molecule has 2 nitrogen and oxygen atoms in total. The number of nitrogen functional groups attached to an aromatic ring is 1. The van der Waals surface area contributed by atoms with E-state index in [9.17, 15) is 13.3 Å². The van der Waals surface area contributed by atoms with E-state index in [1.807, 2.05) is 0 Å². The molecular formula is C18H14F2NOP. The molecular weight excluding hydrogens is 315 g/mol. The molecule has 0 radical (unpaired) electrons. The second kappa shape index (κ2) is 5.98. The van der Waals surface area contributed by atoms with Gasteiger partial charge in [0.2, 0.25) is 0 Å². The summed E-state index contributed by atoms with van der Waals surface area (Å²) >= 11 is 0. The summed E-state index contributed by atoms with van der Waals surface area (Å²) < 4.78 is 40.4. The van der Waals surface area contributed by atoms with Crippen LogP contribution in [0, 0.1) is 11.6 Å². The fourth-order valence-corrected chi connectivity index (χ4v) is 5.13. The first-order valence-electron chi connectivity index (χ1n) is 6.98. The summed E-state index contributed by atoms with van der Waals surface area (Å²) in [5.74, 6) is -0.820. The summed E-state index contributed by atoms with van der Waals surface area (Å²) in [6.07, 6.45) is 0. The molecule has 0 fully saturated rings. The highest BCUT2D eigenvalue weighted by Gasteiger charge is 2.30. The average Bonchev–Trinajstić information content (AvgIpc) is 2.55. The van der Waals surface area contributed by atoms with Gasteiger partial charge in [0.05, 0.1) is 0 Å². The molecule has 0 saturated heterocycles. The largest absolute Gasteiger partial charge is 0.399 e. The number of benzene rings is 3. The summed E-state index contributed by atoms with van der Waals surface area (Å²) in [7, 11) is -3.26. The van der Waals surface area contributed by atoms with Gasteiger partial charge >= 0.3 is 0 Å². The smallest absolute Gasteiger partial charge is 0.171 e. The third-order valence-electron chi connectivity index (χ3n) is 3.61. The molecule has 0 unspecified atom stereocenters. The van der Waals surface area contributed by atoms with Gasteiger partial charge in [-0.2, -0.15) is 0 Å². The third kappa shape index (κ3) is 2.90. The minimum absolute atomic E-state index is 0.410. The van der Waals surface area contributed by atoms with E-state index in [-0.39, 0.29) is 0 Å². The lowest BCUT2D eigenvalue weighted by Gasteiger charge is -2.20. The zero-order valence-corrected chi connectivity index (χ0v) is 13.0. The van der Waals surface area contributed by atoms with Gasteiger partial charge in [0, 0.05) is 21.6 Å². The maximum atomic E-state index is 13.9. The van der Waals surface area contributed by atoms with E-state index in [2.05, 4.69) is 0 Å². The van der Waals surface area contributed by atoms with Crippen LogP contribution in [-0.4, -0.2) is 0 Å². The van der Waals surface area contributed by atoms with Crippen LogP contribution in [-0.2, 0) is 4.57 Å². The fourth-order valence-electron chi connectivity index (χ4n) is 2.47. The van der Waals surface area contributed by atoms with Crippen LogP contribution >= 0.6 is 7.14 Å². The van der Waals surface area contributed by atoms with Crippen LogP contribution in [0.25, 0.3) is 0 Å². The van der Waals surface area contributed by atoms with E-state index in [1.54, 1.807) is 24.3 Å². The third-order valence-corrected chi connectivity index (χ3v) is 6.67. The lowest BCUT2D eigenvalue weighted by Crippen LogP contribution is -2.25. The Morgan fingerprint density at radius 3 is 1.61 bits per heavy atom. The minimum atomic E-state index is -3.26. The van der Waals surface area contributed by atoms with Crippen molar-refractivity contribution in [2.24, 2.45) is 0 Å². The normalized spacial score (nSPS) is 11.4. The number of anilines is 1. The molecule has 0 aromatic heterocycles. The SMILES string of the molecule is Nc1cccc(P(=O)(c2ccc(F)cc2)c2ccc(F)cc2)c1. The molecule has 23 heavy (non-hydrogen) atoms. The van der Waals surface area contributed by atoms with Gasteiger partial charge in [0.15, 0.2) is 7.14 Å². The van der Waals surface area contributed by atoms with Gasteiger partial charge in [0.25, 0.3) is 0 Å². The first-order chi connectivity index (χ1) is 11.0. The molecule has 0 heterocycles. The zero-order valence-electron chi connectivity index (χ0n) is 12.1. The number of hydrogen-bond donors (Lipinski definition) is 1. The van der Waals surface area contributed by atoms with E-state index < -0.39 is 18.8 Å². The quantitative estimate of drug-likeness (QED) is 0.592. The van der Waals surface area contributed by atoms with Crippen LogP contribution in [0.1, 0.15) is 0 Å². The summed E-state index contributed by atoms with van der Waals surface area (Å²) in [4.78, 5) is 0. The summed E-state index contributed by atoms with van der Waals surface area (Å²) in [5.41, 5.74) is 6.30. The molecule has 0 atom stereocenters. The Morgan fingerprint density at radius 1 is 0.696 bits per heavy atom. The van der Waals surface area contributed by atoms with Crippen molar-refractivity contribution >= 4 is 28.7 Å². The molecule has 3 aromatic carbocycles. The molecule has 0 saturated carbocycles. The molecule has 0 spiro atoms. The van der Waals surface area contributed by atoms with Crippen molar-refractivity contribution in [3.8, 4) is 0 Å². The van der Waals surface area contributed by atoms with Crippen molar-refractivity contribution in [3.05, 3.63) is 84.4 Å². The number of hydrogen-bond acceptors (Lipinski definition) is 2. The summed E-state index contributed by atoms with van der Waals surface area (Å²) in [6, 6.07) is 17.8. The molecule has 0 aliphatic heterocycles. The molecule has 2 N–H and O–H groups in total. The predicted molar refractivity (Wildman–Crippen MR) is 90.2 cm³/mol. The summed E-state index contributed by atoms with van der Waals surface area (Å²) in [5, 5.41) is 1.46. The van der Waals surface area contributed by atoms with Crippen LogP contribution in [0.2, 0.25) is 0 Å². The lowest BCUT2D eigenvalue weighted by molar-refractivity contribution is 0.592. The number of nitrogens with two attached hydrogens (primary N) is 1. The van der Waals surface area contributed by atoms with E-state index in [1.165, 1.54) is 48.5 Å². The monoisotopic (exact) mass is 329 g/mol. The molecule has 3 aromatic rings. The highest BCUT2D eigenvalue weighted by Crippen LogP contribution is 2.42. The van der Waals surface area contributed by atoms with Crippen molar-refractivity contribution in [1.29, 1.82) is 0 Å². The highest BCUT2D eigenvalue weighted by molar-refractivity contribution is 7.85. The van der Waals surface area contributed by atoms with Crippen LogP contribution in [0.4, 0.5) is 14.5 Å². The van der Waals surface area contributed by atoms with Gasteiger partial charge in [-0.3, -0.25) is 0 Å². The van der Waals surface area contributed by atoms with Crippen LogP contribution in [0.5, 0.6) is 0 Å². The average molecular weight is 329 g/mol. The van der Waals surface area contributed by atoms with Gasteiger partial charge in [-0.1, -0.05) is 12.1 Å². The standard InChI is InChI=1S/C18H14F2NOP/c19-13-4-8-16(9-5-13)23(22,17-10-6-14(20)7-11-17)18-3-1-2-15(21)12-18/h1-12H,21H2. The lowest BCUT2D eigenvalue weighted by atomic mass is 10.3. The van der Waals surface area contributed by atoms with Gasteiger partial charge in [-0.15, -0.1) is 0 Å². The van der Waals surface area contributed by atoms with E-state index in [4.69, 9.17) is 5.73 Å². The molecule has 0 aliphatic carbocycles. The van der Waals surface area contributed by atoms with Crippen molar-refractivity contribution in [2.45, 2.75) is 0 Å². The predicted octanol–water partition coefficient (Wildman–Crippen LogP) is 3.19. The Kier molecular flexibility index (Phi) is 4.01. The first kappa shape index (κ1) is 15.4. The van der Waals surface area contributed by atoms with Crippen LogP contribution < -0.4 is 21.6 Å². The van der Waals surface area contributed by atoms with Gasteiger partial charge in [-0.05, 0) is 60.7 Å². The number of rotatable bonds is 3. The van der Waals surface area contributed by atoms with Crippen molar-refractivity contribution < 1.29 is 13.3 Å². The van der Waals surface area contributed by atoms with Crippen molar-refractivity contribution in [1.82, 2.24) is 0 Å². The highest BCUT2D eigenvalue weighted by atomic mass is 31.2. The topological polar surface area (TPSA) is 43.1 Å². The Balaban J connectivity index is 2.27. The Hall–Kier alpha value is -2.45. The van der Waals surface area contributed by atoms with E-state index in [0.29, 0.717) is 21.6 Å². The van der Waals surface area contributed by atoms with E-state index >= 15 is 0 Å². The number of halogens is 2. The molecule has 0 aliphatic rings. The Morgan fingerprint density at radius 2 is 1.17 bits per heavy atom. The fraction of sp³-hybridized carbons (Fsp3) is 0. The minimum Gasteiger partial charge on any atom is -0.399 e. The van der Waals surface area contributed by atoms with Crippen LogP contribution in [0.15, 0.2) is 72.8 Å². The molecule has 116 valence electrons. The second-order valence-corrected chi connectivity index (χ2v) is 7.92. The molecule has 0 bridgehead atoms. The van der Waals surface area contributed by atoms with Crippen molar-refractivity contribution in [3.63, 3.8) is 0 Å². The maximum Gasteiger partial charge on any atom is 0.171 e. The van der Waals surface area contributed by atoms with Crippen molar-refractivity contribution in [2.75, 3.05) is 5.73 Å². The summed E-state index contributed by atoms with van der Waals surface area (Å²) in [6.45, 7) is 0. The molecule has 3 rings (SSSR count). The Labute approximate surface area is 133 Å². The zero-order chi connectivity index (χ0) is 16.4. The van der Waals surface area contributed by atoms with Crippen LogP contribution in [0.3, 0.4) is 0 Å². The van der Waals surface area contributed by atoms with Gasteiger partial charge < -0.3 is 10.3 Å². The van der Waals surface area contributed by atoms with E-state index in [0.717, 1.165) is 0 Å². The Bertz CT molecular complexity index is 827. The van der Waals surface area contributed by atoms with Gasteiger partial charge in [-0.25, -0.2) is 8.78 Å².